The van der Waals surface area contributed by atoms with Crippen LogP contribution in [0.15, 0.2) is 34.9 Å². The Morgan fingerprint density at radius 2 is 2.04 bits per heavy atom. The van der Waals surface area contributed by atoms with E-state index in [0.717, 1.165) is 35.0 Å². The zero-order valence-corrected chi connectivity index (χ0v) is 14.9. The van der Waals surface area contributed by atoms with Crippen LogP contribution in [0, 0.1) is 0 Å². The monoisotopic (exact) mass is 364 g/mol. The van der Waals surface area contributed by atoms with Crippen molar-refractivity contribution in [2.45, 2.75) is 32.2 Å². The molecule has 0 unspecified atom stereocenters. The number of hydrogen-bond acceptors (Lipinski definition) is 4. The second kappa shape index (κ2) is 6.26. The molecule has 7 nitrogen and oxygen atoms in total. The lowest BCUT2D eigenvalue weighted by Gasteiger charge is -2.29. The summed E-state index contributed by atoms with van der Waals surface area (Å²) in [6.07, 6.45) is 3.04. The number of rotatable bonds is 2. The third-order valence-corrected chi connectivity index (χ3v) is 5.43. The molecule has 2 aliphatic rings. The summed E-state index contributed by atoms with van der Waals surface area (Å²) in [5, 5.41) is 5.17. The van der Waals surface area contributed by atoms with Gasteiger partial charge in [0.05, 0.1) is 17.8 Å². The van der Waals surface area contributed by atoms with E-state index in [9.17, 15) is 9.59 Å². The van der Waals surface area contributed by atoms with Crippen molar-refractivity contribution in [2.75, 3.05) is 18.0 Å². The molecule has 0 bridgehead atoms. The minimum Gasteiger partial charge on any atom is -0.351 e. The summed E-state index contributed by atoms with van der Waals surface area (Å²) in [4.78, 5) is 32.0. The molecule has 1 saturated heterocycles. The van der Waals surface area contributed by atoms with Crippen molar-refractivity contribution in [1.82, 2.24) is 15.0 Å². The zero-order valence-electron chi connectivity index (χ0n) is 14.9. The molecule has 2 amide bonds. The highest BCUT2D eigenvalue weighted by molar-refractivity contribution is 5.98. The fraction of sp³-hybridized carbons (Fsp3) is 0.350. The average Bonchev–Trinajstić information content (AvgIpc) is 3.31. The van der Waals surface area contributed by atoms with E-state index in [1.54, 1.807) is 9.80 Å². The summed E-state index contributed by atoms with van der Waals surface area (Å²) in [7, 11) is 0. The second-order valence-corrected chi connectivity index (χ2v) is 7.16. The van der Waals surface area contributed by atoms with Crippen LogP contribution in [-0.2, 0) is 17.8 Å². The van der Waals surface area contributed by atoms with Crippen LogP contribution in [-0.4, -0.2) is 39.9 Å². The molecular weight excluding hydrogens is 344 g/mol. The molecule has 138 valence electrons. The first-order chi connectivity index (χ1) is 13.2. The van der Waals surface area contributed by atoms with Gasteiger partial charge in [0.15, 0.2) is 0 Å². The van der Waals surface area contributed by atoms with Gasteiger partial charge in [-0.2, -0.15) is 0 Å². The Hall–Kier alpha value is -3.09. The summed E-state index contributed by atoms with van der Waals surface area (Å²) in [6.45, 7) is 1.64. The van der Waals surface area contributed by atoms with Gasteiger partial charge in [-0.15, -0.1) is 0 Å². The van der Waals surface area contributed by atoms with E-state index in [-0.39, 0.29) is 11.8 Å². The number of aromatic amines is 1. The summed E-state index contributed by atoms with van der Waals surface area (Å²) >= 11 is 0. The molecule has 27 heavy (non-hydrogen) atoms. The molecule has 0 spiro atoms. The molecule has 4 heterocycles. The summed E-state index contributed by atoms with van der Waals surface area (Å²) in [5.41, 5.74) is 3.24. The van der Waals surface area contributed by atoms with Crippen molar-refractivity contribution in [1.29, 1.82) is 0 Å². The molecule has 2 aromatic heterocycles. The number of anilines is 1. The number of fused-ring (bicyclic) bond motifs is 2. The molecule has 0 saturated carbocycles. The van der Waals surface area contributed by atoms with E-state index >= 15 is 0 Å². The number of hydrogen-bond donors (Lipinski definition) is 1. The lowest BCUT2D eigenvalue weighted by molar-refractivity contribution is -0.119. The number of benzene rings is 1. The number of carbonyl (C=O) groups is 2. The van der Waals surface area contributed by atoms with Gasteiger partial charge in [-0.05, 0) is 25.0 Å². The van der Waals surface area contributed by atoms with E-state index in [2.05, 4.69) is 10.1 Å². The predicted molar refractivity (Wildman–Crippen MR) is 99.5 cm³/mol. The number of para-hydroxylation sites is 1. The molecule has 3 aromatic rings. The Balaban J connectivity index is 1.42. The van der Waals surface area contributed by atoms with Crippen molar-refractivity contribution < 1.29 is 14.1 Å². The lowest BCUT2D eigenvalue weighted by Crippen LogP contribution is -2.39. The molecule has 1 fully saturated rings. The van der Waals surface area contributed by atoms with Crippen molar-refractivity contribution in [2.24, 2.45) is 0 Å². The fourth-order valence-electron chi connectivity index (χ4n) is 3.96. The molecule has 0 radical (unpaired) electrons. The first kappa shape index (κ1) is 16.1. The number of amides is 2. The first-order valence-electron chi connectivity index (χ1n) is 9.35. The molecule has 0 aliphatic carbocycles. The number of piperidine rings is 1. The standard InChI is InChI=1S/C20H20N4O3/c25-18-7-3-4-9-24(18)20-14-12-23(10-8-16(14)22-27-20)19(26)17-11-13-5-1-2-6-15(13)21-17/h1-2,5-6,11,21H,3-4,7-10,12H2. The number of nitrogens with one attached hydrogen (secondary N) is 1. The van der Waals surface area contributed by atoms with E-state index in [0.29, 0.717) is 44.1 Å². The summed E-state index contributed by atoms with van der Waals surface area (Å²) < 4.78 is 5.52. The predicted octanol–water partition coefficient (Wildman–Crippen LogP) is 2.87. The van der Waals surface area contributed by atoms with Gasteiger partial charge >= 0.3 is 0 Å². The van der Waals surface area contributed by atoms with Crippen LogP contribution in [0.4, 0.5) is 5.88 Å². The summed E-state index contributed by atoms with van der Waals surface area (Å²) in [5.74, 6) is 0.539. The Labute approximate surface area is 155 Å². The number of H-pyrrole nitrogens is 1. The quantitative estimate of drug-likeness (QED) is 0.758. The van der Waals surface area contributed by atoms with Crippen LogP contribution < -0.4 is 4.90 Å². The first-order valence-corrected chi connectivity index (χ1v) is 9.35. The highest BCUT2D eigenvalue weighted by Crippen LogP contribution is 2.32. The second-order valence-electron chi connectivity index (χ2n) is 7.16. The minimum absolute atomic E-state index is 0.0472. The van der Waals surface area contributed by atoms with Gasteiger partial charge in [-0.1, -0.05) is 23.4 Å². The highest BCUT2D eigenvalue weighted by atomic mass is 16.5. The van der Waals surface area contributed by atoms with Crippen molar-refractivity contribution >= 4 is 28.6 Å². The topological polar surface area (TPSA) is 82.4 Å². The third-order valence-electron chi connectivity index (χ3n) is 5.43. The van der Waals surface area contributed by atoms with Crippen molar-refractivity contribution in [3.8, 4) is 0 Å². The molecule has 0 atom stereocenters. The minimum atomic E-state index is -0.0472. The molecule has 5 rings (SSSR count). The average molecular weight is 364 g/mol. The summed E-state index contributed by atoms with van der Waals surface area (Å²) in [6, 6.07) is 9.73. The lowest BCUT2D eigenvalue weighted by atomic mass is 10.0. The van der Waals surface area contributed by atoms with Crippen molar-refractivity contribution in [3.05, 3.63) is 47.3 Å². The fourth-order valence-corrected chi connectivity index (χ4v) is 3.96. The normalized spacial score (nSPS) is 17.4. The SMILES string of the molecule is O=C(c1cc2ccccc2[nH]1)N1CCc2noc(N3CCCCC3=O)c2C1. The van der Waals surface area contributed by atoms with E-state index in [1.807, 2.05) is 30.3 Å². The maximum Gasteiger partial charge on any atom is 0.270 e. The smallest absolute Gasteiger partial charge is 0.270 e. The molecule has 1 N–H and O–H groups in total. The van der Waals surface area contributed by atoms with Gasteiger partial charge in [0.1, 0.15) is 5.69 Å². The largest absolute Gasteiger partial charge is 0.351 e. The van der Waals surface area contributed by atoms with Crippen LogP contribution in [0.1, 0.15) is 41.0 Å². The number of carbonyl (C=O) groups excluding carboxylic acids is 2. The Morgan fingerprint density at radius 1 is 1.15 bits per heavy atom. The molecule has 2 aliphatic heterocycles. The van der Waals surface area contributed by atoms with Crippen LogP contribution in [0.25, 0.3) is 10.9 Å². The van der Waals surface area contributed by atoms with Crippen LogP contribution >= 0.6 is 0 Å². The maximum atomic E-state index is 13.0. The molecular formula is C20H20N4O3. The van der Waals surface area contributed by atoms with Gasteiger partial charge in [-0.3, -0.25) is 14.5 Å². The zero-order chi connectivity index (χ0) is 18.4. The van der Waals surface area contributed by atoms with Crippen molar-refractivity contribution in [3.63, 3.8) is 0 Å². The Morgan fingerprint density at radius 3 is 2.89 bits per heavy atom. The van der Waals surface area contributed by atoms with Gasteiger partial charge in [0, 0.05) is 36.8 Å². The van der Waals surface area contributed by atoms with Gasteiger partial charge in [0.25, 0.3) is 5.91 Å². The van der Waals surface area contributed by atoms with Gasteiger partial charge in [-0.25, -0.2) is 0 Å². The van der Waals surface area contributed by atoms with E-state index in [4.69, 9.17) is 4.52 Å². The van der Waals surface area contributed by atoms with Crippen LogP contribution in [0.2, 0.25) is 0 Å². The maximum absolute atomic E-state index is 13.0. The van der Waals surface area contributed by atoms with E-state index in [1.165, 1.54) is 0 Å². The van der Waals surface area contributed by atoms with Gasteiger partial charge < -0.3 is 14.4 Å². The third kappa shape index (κ3) is 2.70. The Bertz CT molecular complexity index is 1000. The highest BCUT2D eigenvalue weighted by Gasteiger charge is 2.32. The van der Waals surface area contributed by atoms with E-state index < -0.39 is 0 Å². The molecule has 1 aromatic carbocycles. The van der Waals surface area contributed by atoms with Crippen LogP contribution in [0.5, 0.6) is 0 Å². The van der Waals surface area contributed by atoms with Gasteiger partial charge in [0.2, 0.25) is 11.8 Å². The number of aromatic nitrogens is 2. The van der Waals surface area contributed by atoms with Crippen LogP contribution in [0.3, 0.4) is 0 Å². The number of nitrogens with zero attached hydrogens (tertiary/aromatic N) is 3. The molecule has 7 heteroatoms. The Kier molecular flexibility index (Phi) is 3.74.